The van der Waals surface area contributed by atoms with Crippen molar-refractivity contribution in [3.8, 4) is 0 Å². The highest BCUT2D eigenvalue weighted by Crippen LogP contribution is 2.69. The highest BCUT2D eigenvalue weighted by atomic mass is 19.3. The molecule has 0 nitrogen and oxygen atoms in total. The summed E-state index contributed by atoms with van der Waals surface area (Å²) in [5, 5.41) is 0. The maximum absolute atomic E-state index is 13.0. The summed E-state index contributed by atoms with van der Waals surface area (Å²) in [5.74, 6) is 16.2. The van der Waals surface area contributed by atoms with Crippen LogP contribution in [0.4, 0.5) is 13.2 Å². The van der Waals surface area contributed by atoms with Gasteiger partial charge in [-0.25, -0.2) is 13.2 Å². The van der Waals surface area contributed by atoms with Crippen molar-refractivity contribution in [1.29, 1.82) is 0 Å². The molecule has 0 aromatic heterocycles. The Hall–Kier alpha value is -0.210. The lowest BCUT2D eigenvalue weighted by molar-refractivity contribution is 0.0706. The second-order valence-electron chi connectivity index (χ2n) is 28.4. The van der Waals surface area contributed by atoms with Gasteiger partial charge < -0.3 is 0 Å². The first-order valence-electron chi connectivity index (χ1n) is 29.0. The molecule has 12 unspecified atom stereocenters. The third-order valence-corrected chi connectivity index (χ3v) is 19.3. The first-order valence-corrected chi connectivity index (χ1v) is 29.0. The van der Waals surface area contributed by atoms with Gasteiger partial charge in [0, 0.05) is 11.8 Å². The summed E-state index contributed by atoms with van der Waals surface area (Å²) in [6.45, 7) is 68.2. The predicted octanol–water partition coefficient (Wildman–Crippen LogP) is 20.7. The fraction of sp³-hybridized carbons (Fsp3) is 1.00. The fourth-order valence-electron chi connectivity index (χ4n) is 16.7. The van der Waals surface area contributed by atoms with Crippen molar-refractivity contribution in [1.82, 2.24) is 0 Å². The highest BCUT2D eigenvalue weighted by molar-refractivity contribution is 5.11. The summed E-state index contributed by atoms with van der Waals surface area (Å²) in [4.78, 5) is 0. The molecule has 0 heterocycles. The Morgan fingerprint density at radius 1 is 0.348 bits per heavy atom. The molecule has 0 spiro atoms. The molecule has 6 saturated carbocycles. The Labute approximate surface area is 415 Å². The van der Waals surface area contributed by atoms with E-state index in [0.29, 0.717) is 34.5 Å². The van der Waals surface area contributed by atoms with Crippen LogP contribution in [0.25, 0.3) is 0 Å². The lowest BCUT2D eigenvalue weighted by atomic mass is 9.90. The van der Waals surface area contributed by atoms with E-state index in [4.69, 9.17) is 0 Å². The lowest BCUT2D eigenvalue weighted by Crippen LogP contribution is -2.06. The number of hydrogen-bond donors (Lipinski definition) is 0. The fourth-order valence-corrected chi connectivity index (χ4v) is 16.7. The van der Waals surface area contributed by atoms with Crippen molar-refractivity contribution in [3.63, 3.8) is 0 Å². The lowest BCUT2D eigenvalue weighted by Gasteiger charge is -2.15. The van der Waals surface area contributed by atoms with Gasteiger partial charge in [0.25, 0.3) is 5.92 Å². The molecule has 66 heavy (non-hydrogen) atoms. The van der Waals surface area contributed by atoms with Crippen LogP contribution in [-0.2, 0) is 0 Å². The SMILES string of the molecule is CC(C)C1C(C(C)C)C1(C)C.CC(C)C1C(C(C)C)C1(F)F.CC(C)C1C(C)C1C(C)C.CC(C)C1C(F)C1C(C)C.CCC1(CC)C(C(C)C)C1C(C)C.CCC1C(C(C)C)C1C(C)C. The van der Waals surface area contributed by atoms with Crippen LogP contribution >= 0.6 is 0 Å². The van der Waals surface area contributed by atoms with Crippen LogP contribution in [0.15, 0.2) is 0 Å². The molecule has 6 aliphatic rings. The molecule has 0 aromatic carbocycles. The molecule has 6 fully saturated rings. The maximum Gasteiger partial charge on any atom is 0.255 e. The highest BCUT2D eigenvalue weighted by Gasteiger charge is 2.69. The van der Waals surface area contributed by atoms with E-state index in [0.717, 1.165) is 107 Å². The van der Waals surface area contributed by atoms with Gasteiger partial charge in [0.1, 0.15) is 6.17 Å². The largest absolute Gasteiger partial charge is 0.255 e. The van der Waals surface area contributed by atoms with Crippen LogP contribution in [0, 0.1) is 165 Å². The third-order valence-electron chi connectivity index (χ3n) is 19.3. The molecule has 6 rings (SSSR count). The number of hydrogen-bond acceptors (Lipinski definition) is 0. The van der Waals surface area contributed by atoms with Gasteiger partial charge in [0.05, 0.1) is 0 Å². The minimum absolute atomic E-state index is 0.123. The molecule has 6 aliphatic carbocycles. The maximum atomic E-state index is 13.0. The van der Waals surface area contributed by atoms with Crippen molar-refractivity contribution in [3.05, 3.63) is 0 Å². The standard InChI is InChI=1S/C13H26.2C11H22.C10H20.C9H16F2.C9H17F/c1-7-13(8-2)11(9(3)4)12(13)10(5)6;1-7(2)9-10(8(3)4)11(9,5)6;1-6-9-10(7(2)3)11(9)8(4)5;1-6(2)9-8(5)10(9)7(3)4;1-5(2)7-8(6(3)4)9(7,10)11;1-5(2)7-8(6(3)4)9(7)10/h9-12H,7-8H2,1-6H3;7-10H,1-6H3;7-11H,6H2,1-5H3;6-10H,1-5H3;5-8H,1-4H3;5-9H,1-4H3. The first kappa shape index (κ1) is 63.8. The Bertz CT molecular complexity index is 1180. The van der Waals surface area contributed by atoms with Crippen LogP contribution in [0.2, 0.25) is 0 Å². The number of rotatable bonds is 15. The molecular weight excluding hydrogens is 814 g/mol. The average molecular weight is 938 g/mol. The quantitative estimate of drug-likeness (QED) is 0.153. The first-order chi connectivity index (χ1) is 30.0. The van der Waals surface area contributed by atoms with Gasteiger partial charge >= 0.3 is 0 Å². The molecule has 0 amide bonds. The summed E-state index contributed by atoms with van der Waals surface area (Å²) in [7, 11) is 0. The van der Waals surface area contributed by atoms with Gasteiger partial charge in [0.15, 0.2) is 0 Å². The van der Waals surface area contributed by atoms with E-state index in [9.17, 15) is 13.2 Å². The molecule has 12 atom stereocenters. The smallest absolute Gasteiger partial charge is 0.247 e. The van der Waals surface area contributed by atoms with Gasteiger partial charge in [-0.15, -0.1) is 0 Å². The number of halogens is 3. The second-order valence-corrected chi connectivity index (χ2v) is 28.4. The number of alkyl halides is 3. The third kappa shape index (κ3) is 15.4. The Morgan fingerprint density at radius 2 is 0.591 bits per heavy atom. The molecule has 0 saturated heterocycles. The van der Waals surface area contributed by atoms with E-state index in [-0.39, 0.29) is 23.7 Å². The van der Waals surface area contributed by atoms with E-state index in [1.165, 1.54) is 19.3 Å². The molecule has 0 aromatic rings. The van der Waals surface area contributed by atoms with Crippen molar-refractivity contribution >= 4 is 0 Å². The Balaban J connectivity index is 0.000000397. The van der Waals surface area contributed by atoms with Crippen molar-refractivity contribution in [2.75, 3.05) is 0 Å². The van der Waals surface area contributed by atoms with Gasteiger partial charge in [-0.2, -0.15) is 0 Å². The average Bonchev–Trinajstić information content (AvgIpc) is 3.92. The predicted molar refractivity (Wildman–Crippen MR) is 290 cm³/mol. The Kier molecular flexibility index (Phi) is 24.6. The van der Waals surface area contributed by atoms with Gasteiger partial charge in [-0.3, -0.25) is 0 Å². The summed E-state index contributed by atoms with van der Waals surface area (Å²) in [5.41, 5.74) is 1.34. The van der Waals surface area contributed by atoms with Crippen LogP contribution in [-0.4, -0.2) is 12.1 Å². The Morgan fingerprint density at radius 3 is 0.682 bits per heavy atom. The van der Waals surface area contributed by atoms with Crippen LogP contribution in [0.5, 0.6) is 0 Å². The normalized spacial score (nSPS) is 35.9. The van der Waals surface area contributed by atoms with Crippen LogP contribution in [0.1, 0.15) is 227 Å². The topological polar surface area (TPSA) is 0 Å². The van der Waals surface area contributed by atoms with Crippen LogP contribution < -0.4 is 0 Å². The second kappa shape index (κ2) is 25.4. The zero-order chi connectivity index (χ0) is 52.2. The minimum Gasteiger partial charge on any atom is -0.247 e. The molecule has 0 radical (unpaired) electrons. The van der Waals surface area contributed by atoms with Gasteiger partial charge in [-0.05, 0) is 166 Å². The van der Waals surface area contributed by atoms with Crippen molar-refractivity contribution in [2.24, 2.45) is 165 Å². The molecule has 396 valence electrons. The molecule has 3 heteroatoms. The monoisotopic (exact) mass is 937 g/mol. The zero-order valence-electron chi connectivity index (χ0n) is 50.3. The van der Waals surface area contributed by atoms with E-state index in [2.05, 4.69) is 180 Å². The minimum atomic E-state index is -2.37. The molecule has 0 aliphatic heterocycles. The van der Waals surface area contributed by atoms with E-state index < -0.39 is 12.1 Å². The molecular formula is C63H123F3. The summed E-state index contributed by atoms with van der Waals surface area (Å²) >= 11 is 0. The van der Waals surface area contributed by atoms with Crippen molar-refractivity contribution in [2.45, 2.75) is 239 Å². The molecule has 0 N–H and O–H groups in total. The zero-order valence-corrected chi connectivity index (χ0v) is 50.3. The summed E-state index contributed by atoms with van der Waals surface area (Å²) in [6.07, 6.45) is 3.66. The summed E-state index contributed by atoms with van der Waals surface area (Å²) < 4.78 is 38.9. The van der Waals surface area contributed by atoms with Gasteiger partial charge in [0.2, 0.25) is 0 Å². The van der Waals surface area contributed by atoms with Crippen molar-refractivity contribution < 1.29 is 13.2 Å². The van der Waals surface area contributed by atoms with Gasteiger partial charge in [-0.1, -0.05) is 214 Å². The van der Waals surface area contributed by atoms with E-state index >= 15 is 0 Å². The van der Waals surface area contributed by atoms with E-state index in [1.807, 2.05) is 27.7 Å². The van der Waals surface area contributed by atoms with Crippen LogP contribution in [0.3, 0.4) is 0 Å². The summed E-state index contributed by atoms with van der Waals surface area (Å²) in [6, 6.07) is 0. The van der Waals surface area contributed by atoms with E-state index in [1.54, 1.807) is 0 Å². The molecule has 0 bridgehead atoms.